The van der Waals surface area contributed by atoms with Gasteiger partial charge in [-0.2, -0.15) is 0 Å². The van der Waals surface area contributed by atoms with Crippen LogP contribution in [0, 0.1) is 23.7 Å². The minimum Gasteiger partial charge on any atom is -0.449 e. The Morgan fingerprint density at radius 1 is 0.917 bits per heavy atom. The van der Waals surface area contributed by atoms with Crippen molar-refractivity contribution in [2.24, 2.45) is 23.7 Å². The lowest BCUT2D eigenvalue weighted by atomic mass is 9.78. The molecule has 8 atom stereocenters. The van der Waals surface area contributed by atoms with Gasteiger partial charge in [-0.25, -0.2) is 9.78 Å². The molecule has 2 saturated carbocycles. The van der Waals surface area contributed by atoms with E-state index in [4.69, 9.17) is 4.74 Å². The normalized spacial score (nSPS) is 30.1. The minimum absolute atomic E-state index is 0.0560. The first-order chi connectivity index (χ1) is 17.1. The Kier molecular flexibility index (Phi) is 10.2. The number of nitrogens with one attached hydrogen (secondary N) is 2. The van der Waals surface area contributed by atoms with Crippen molar-refractivity contribution in [1.29, 1.82) is 0 Å². The van der Waals surface area contributed by atoms with Crippen molar-refractivity contribution in [2.45, 2.75) is 109 Å². The first-order valence-electron chi connectivity index (χ1n) is 13.5. The standard InChI is InChI=1S/C28H43N3O4S/c1-16-10-7-13-23(18(16)3)30-25(32)20(5)35-28(34)22-12-9-15-29-27(22)36-21(6)26(33)31-24-14-8-11-17(2)19(24)4/h9,12,15-21,23-24H,7-8,10-11,13-14H2,1-6H3,(H,30,32)(H,31,33)/t16-,17-,18+,19-,20-,21+,23+,24+/m0/s1. The number of thioether (sulfide) groups is 1. The second-order valence-corrected chi connectivity index (χ2v) is 12.3. The van der Waals surface area contributed by atoms with E-state index in [1.54, 1.807) is 25.3 Å². The predicted octanol–water partition coefficient (Wildman–Crippen LogP) is 4.99. The van der Waals surface area contributed by atoms with Gasteiger partial charge in [0.2, 0.25) is 5.91 Å². The van der Waals surface area contributed by atoms with Gasteiger partial charge in [-0.15, -0.1) is 0 Å². The maximum absolute atomic E-state index is 13.0. The third-order valence-corrected chi connectivity index (χ3v) is 9.49. The fourth-order valence-corrected chi connectivity index (χ4v) is 6.22. The molecule has 1 heterocycles. The highest BCUT2D eigenvalue weighted by atomic mass is 32.2. The van der Waals surface area contributed by atoms with E-state index in [-0.39, 0.29) is 29.5 Å². The molecule has 2 fully saturated rings. The number of carbonyl (C=O) groups excluding carboxylic acids is 3. The van der Waals surface area contributed by atoms with Crippen molar-refractivity contribution < 1.29 is 19.1 Å². The van der Waals surface area contributed by atoms with Crippen molar-refractivity contribution in [3.8, 4) is 0 Å². The zero-order valence-corrected chi connectivity index (χ0v) is 23.4. The van der Waals surface area contributed by atoms with E-state index in [9.17, 15) is 14.4 Å². The van der Waals surface area contributed by atoms with Crippen molar-refractivity contribution in [3.63, 3.8) is 0 Å². The Balaban J connectivity index is 1.58. The average Bonchev–Trinajstić information content (AvgIpc) is 2.85. The lowest BCUT2D eigenvalue weighted by Gasteiger charge is -2.35. The zero-order valence-electron chi connectivity index (χ0n) is 22.6. The fraction of sp³-hybridized carbons (Fsp3) is 0.714. The Hall–Kier alpha value is -2.09. The van der Waals surface area contributed by atoms with Crippen LogP contribution in [0.3, 0.4) is 0 Å². The second-order valence-electron chi connectivity index (χ2n) is 10.9. The van der Waals surface area contributed by atoms with Crippen molar-refractivity contribution in [3.05, 3.63) is 23.9 Å². The number of rotatable bonds is 8. The van der Waals surface area contributed by atoms with Crippen LogP contribution in [-0.2, 0) is 14.3 Å². The molecule has 2 aliphatic carbocycles. The molecule has 0 unspecified atom stereocenters. The summed E-state index contributed by atoms with van der Waals surface area (Å²) in [4.78, 5) is 43.0. The second kappa shape index (κ2) is 12.9. The Labute approximate surface area is 220 Å². The molecule has 7 nitrogen and oxygen atoms in total. The van der Waals surface area contributed by atoms with Crippen LogP contribution in [0.15, 0.2) is 23.4 Å². The van der Waals surface area contributed by atoms with Gasteiger partial charge in [-0.1, -0.05) is 65.1 Å². The number of hydrogen-bond donors (Lipinski definition) is 2. The van der Waals surface area contributed by atoms with Gasteiger partial charge in [0.05, 0.1) is 10.8 Å². The molecule has 0 bridgehead atoms. The number of carbonyl (C=O) groups is 3. The Morgan fingerprint density at radius 2 is 1.47 bits per heavy atom. The smallest absolute Gasteiger partial charge is 0.341 e. The number of nitrogens with zero attached hydrogens (tertiary/aromatic N) is 1. The summed E-state index contributed by atoms with van der Waals surface area (Å²) in [6, 6.07) is 3.56. The average molecular weight is 518 g/mol. The third kappa shape index (κ3) is 7.24. The van der Waals surface area contributed by atoms with Crippen LogP contribution >= 0.6 is 11.8 Å². The van der Waals surface area contributed by atoms with Gasteiger partial charge in [-0.05, 0) is 62.5 Å². The summed E-state index contributed by atoms with van der Waals surface area (Å²) in [5.74, 6) is 1.03. The topological polar surface area (TPSA) is 97.4 Å². The summed E-state index contributed by atoms with van der Waals surface area (Å²) >= 11 is 1.24. The van der Waals surface area contributed by atoms with E-state index < -0.39 is 17.3 Å². The molecule has 1 aromatic rings. The maximum atomic E-state index is 13.0. The number of esters is 1. The molecule has 0 saturated heterocycles. The van der Waals surface area contributed by atoms with Crippen molar-refractivity contribution in [2.75, 3.05) is 0 Å². The lowest BCUT2D eigenvalue weighted by molar-refractivity contribution is -0.130. The molecule has 0 aliphatic heterocycles. The van der Waals surface area contributed by atoms with E-state index >= 15 is 0 Å². The number of aromatic nitrogens is 1. The van der Waals surface area contributed by atoms with Crippen LogP contribution < -0.4 is 10.6 Å². The molecule has 200 valence electrons. The van der Waals surface area contributed by atoms with E-state index in [0.717, 1.165) is 25.7 Å². The van der Waals surface area contributed by atoms with Gasteiger partial charge < -0.3 is 15.4 Å². The predicted molar refractivity (Wildman–Crippen MR) is 143 cm³/mol. The van der Waals surface area contributed by atoms with Crippen LogP contribution in [0.2, 0.25) is 0 Å². The van der Waals surface area contributed by atoms with E-state index in [0.29, 0.717) is 28.7 Å². The monoisotopic (exact) mass is 517 g/mol. The summed E-state index contributed by atoms with van der Waals surface area (Å²) in [6.45, 7) is 12.2. The van der Waals surface area contributed by atoms with Gasteiger partial charge in [-0.3, -0.25) is 9.59 Å². The molecule has 2 N–H and O–H groups in total. The summed E-state index contributed by atoms with van der Waals surface area (Å²) in [5, 5.41) is 6.28. The highest BCUT2D eigenvalue weighted by Crippen LogP contribution is 2.31. The van der Waals surface area contributed by atoms with Crippen LogP contribution in [0.1, 0.15) is 90.4 Å². The molecule has 2 aliphatic rings. The maximum Gasteiger partial charge on any atom is 0.341 e. The van der Waals surface area contributed by atoms with Gasteiger partial charge in [0, 0.05) is 18.3 Å². The third-order valence-electron chi connectivity index (χ3n) is 8.37. The first kappa shape index (κ1) is 28.5. The van der Waals surface area contributed by atoms with Gasteiger partial charge in [0.15, 0.2) is 6.10 Å². The molecule has 2 amide bonds. The largest absolute Gasteiger partial charge is 0.449 e. The van der Waals surface area contributed by atoms with Gasteiger partial charge in [0.25, 0.3) is 5.91 Å². The van der Waals surface area contributed by atoms with Crippen molar-refractivity contribution in [1.82, 2.24) is 15.6 Å². The molecule has 0 radical (unpaired) electrons. The number of ether oxygens (including phenoxy) is 1. The van der Waals surface area contributed by atoms with Crippen LogP contribution in [0.25, 0.3) is 0 Å². The molecule has 3 rings (SSSR count). The number of amides is 2. The number of pyridine rings is 1. The van der Waals surface area contributed by atoms with Crippen LogP contribution in [-0.4, -0.2) is 46.2 Å². The van der Waals surface area contributed by atoms with E-state index in [1.165, 1.54) is 24.6 Å². The van der Waals surface area contributed by atoms with Crippen molar-refractivity contribution >= 4 is 29.5 Å². The molecule has 8 heteroatoms. The Bertz CT molecular complexity index is 926. The molecule has 0 aromatic carbocycles. The molecular formula is C28H43N3O4S. The Morgan fingerprint density at radius 3 is 2.06 bits per heavy atom. The molecule has 0 spiro atoms. The zero-order chi connectivity index (χ0) is 26.4. The van der Waals surface area contributed by atoms with Crippen LogP contribution in [0.4, 0.5) is 0 Å². The highest BCUT2D eigenvalue weighted by Gasteiger charge is 2.32. The lowest BCUT2D eigenvalue weighted by Crippen LogP contribution is -2.47. The summed E-state index contributed by atoms with van der Waals surface area (Å²) in [6.07, 6.45) is 7.20. The highest BCUT2D eigenvalue weighted by molar-refractivity contribution is 8.00. The summed E-state index contributed by atoms with van der Waals surface area (Å²) in [5.41, 5.74) is 0.265. The fourth-order valence-electron chi connectivity index (χ4n) is 5.31. The molecular weight excluding hydrogens is 474 g/mol. The van der Waals surface area contributed by atoms with E-state index in [2.05, 4.69) is 43.3 Å². The SMILES string of the molecule is C[C@@H]1[C@@H](C)CCC[C@H]1NC(=O)[C@H](C)OC(=O)c1cccnc1S[C@H](C)C(=O)N[C@@H]1CCC[C@H](C)[C@@H]1C. The van der Waals surface area contributed by atoms with E-state index in [1.807, 2.05) is 6.92 Å². The first-order valence-corrected chi connectivity index (χ1v) is 14.4. The summed E-state index contributed by atoms with van der Waals surface area (Å²) < 4.78 is 5.53. The minimum atomic E-state index is -0.921. The molecule has 36 heavy (non-hydrogen) atoms. The van der Waals surface area contributed by atoms with Crippen LogP contribution in [0.5, 0.6) is 0 Å². The van der Waals surface area contributed by atoms with Gasteiger partial charge >= 0.3 is 5.97 Å². The summed E-state index contributed by atoms with van der Waals surface area (Å²) in [7, 11) is 0. The number of hydrogen-bond acceptors (Lipinski definition) is 6. The molecule has 1 aromatic heterocycles. The quantitative estimate of drug-likeness (QED) is 0.372. The van der Waals surface area contributed by atoms with Gasteiger partial charge in [0.1, 0.15) is 5.03 Å².